The molecule has 0 radical (unpaired) electrons. The number of allylic oxidation sites excluding steroid dienone is 2. The molecule has 31 heavy (non-hydrogen) atoms. The molecule has 0 atom stereocenters. The van der Waals surface area contributed by atoms with Gasteiger partial charge in [-0.2, -0.15) is 0 Å². The highest BCUT2D eigenvalue weighted by Gasteiger charge is 2.11. The van der Waals surface area contributed by atoms with Gasteiger partial charge in [-0.25, -0.2) is 0 Å². The molecule has 0 aliphatic carbocycles. The fourth-order valence-electron chi connectivity index (χ4n) is 3.18. The van der Waals surface area contributed by atoms with Crippen LogP contribution in [0.15, 0.2) is 54.1 Å². The minimum absolute atomic E-state index is 0.453. The highest BCUT2D eigenvalue weighted by molar-refractivity contribution is 5.95. The van der Waals surface area contributed by atoms with Crippen molar-refractivity contribution in [2.75, 3.05) is 18.9 Å². The van der Waals surface area contributed by atoms with Gasteiger partial charge >= 0.3 is 0 Å². The highest BCUT2D eigenvalue weighted by Crippen LogP contribution is 2.28. The second kappa shape index (κ2) is 10.8. The Morgan fingerprint density at radius 3 is 2.58 bits per heavy atom. The Labute approximate surface area is 184 Å². The van der Waals surface area contributed by atoms with Crippen molar-refractivity contribution in [3.05, 3.63) is 65.9 Å². The number of nitrogens with zero attached hydrogens (tertiary/aromatic N) is 4. The number of aliphatic imine (C=N–C) groups is 1. The van der Waals surface area contributed by atoms with Crippen molar-refractivity contribution in [1.82, 2.24) is 14.5 Å². The molecular weight excluding hydrogens is 386 g/mol. The number of benzene rings is 1. The molecule has 0 aliphatic rings. The Kier molecular flexibility index (Phi) is 8.16. The number of aromatic nitrogens is 3. The third-order valence-electron chi connectivity index (χ3n) is 4.67. The van der Waals surface area contributed by atoms with Crippen molar-refractivity contribution in [1.29, 1.82) is 0 Å². The lowest BCUT2D eigenvalue weighted by molar-refractivity contribution is 0.413. The molecule has 0 spiro atoms. The van der Waals surface area contributed by atoms with E-state index in [9.17, 15) is 0 Å². The van der Waals surface area contributed by atoms with E-state index in [2.05, 4.69) is 89.6 Å². The molecular formula is C25H29N5O. The van der Waals surface area contributed by atoms with Crippen LogP contribution in [0.3, 0.4) is 0 Å². The van der Waals surface area contributed by atoms with E-state index in [1.54, 1.807) is 26.4 Å². The fourth-order valence-corrected chi connectivity index (χ4v) is 3.18. The van der Waals surface area contributed by atoms with Gasteiger partial charge in [0.2, 0.25) is 5.90 Å². The van der Waals surface area contributed by atoms with Crippen LogP contribution in [-0.4, -0.2) is 34.0 Å². The molecule has 2 aromatic heterocycles. The van der Waals surface area contributed by atoms with Gasteiger partial charge in [0.1, 0.15) is 0 Å². The maximum atomic E-state index is 5.53. The van der Waals surface area contributed by atoms with Crippen molar-refractivity contribution < 1.29 is 4.74 Å². The van der Waals surface area contributed by atoms with E-state index < -0.39 is 0 Å². The molecule has 3 aromatic rings. The van der Waals surface area contributed by atoms with Gasteiger partial charge in [0.05, 0.1) is 23.3 Å². The molecule has 2 heterocycles. The molecule has 0 saturated carbocycles. The molecule has 3 rings (SSSR count). The third-order valence-corrected chi connectivity index (χ3v) is 4.67. The van der Waals surface area contributed by atoms with E-state index in [4.69, 9.17) is 4.74 Å². The Hall–Kier alpha value is -3.85. The number of rotatable bonds is 6. The number of anilines is 1. The number of aryl methyl sites for hydroxylation is 2. The van der Waals surface area contributed by atoms with Crippen molar-refractivity contribution in [3.8, 4) is 12.8 Å². The van der Waals surface area contributed by atoms with E-state index >= 15 is 0 Å². The maximum Gasteiger partial charge on any atom is 0.208 e. The van der Waals surface area contributed by atoms with Crippen LogP contribution in [-0.2, 0) is 11.8 Å². The summed E-state index contributed by atoms with van der Waals surface area (Å²) in [5.74, 6) is 1.18. The third kappa shape index (κ3) is 5.83. The first-order chi connectivity index (χ1) is 14.9. The summed E-state index contributed by atoms with van der Waals surface area (Å²) < 4.78 is 7.65. The van der Waals surface area contributed by atoms with Gasteiger partial charge in [-0.1, -0.05) is 6.58 Å². The van der Waals surface area contributed by atoms with E-state index in [0.717, 1.165) is 27.9 Å². The minimum Gasteiger partial charge on any atom is -0.447 e. The van der Waals surface area contributed by atoms with Crippen molar-refractivity contribution in [2.24, 2.45) is 12.0 Å². The summed E-state index contributed by atoms with van der Waals surface area (Å²) in [6.45, 7) is 10.2. The molecule has 0 unspecified atom stereocenters. The predicted octanol–water partition coefficient (Wildman–Crippen LogP) is 5.08. The Bertz CT molecular complexity index is 1130. The Balaban J connectivity index is 0.00000166. The zero-order chi connectivity index (χ0) is 23.0. The zero-order valence-corrected chi connectivity index (χ0v) is 18.8. The number of fused-ring (bicyclic) bond motifs is 1. The first-order valence-corrected chi connectivity index (χ1v) is 9.80. The maximum absolute atomic E-state index is 5.53. The topological polar surface area (TPSA) is 64.3 Å². The number of hydrogen-bond acceptors (Lipinski definition) is 5. The molecule has 0 saturated heterocycles. The highest BCUT2D eigenvalue weighted by atomic mass is 16.5. The average Bonchev–Trinajstić information content (AvgIpc) is 3.09. The first-order valence-electron chi connectivity index (χ1n) is 9.80. The van der Waals surface area contributed by atoms with Crippen LogP contribution in [0.2, 0.25) is 0 Å². The normalized spacial score (nSPS) is 11.6. The van der Waals surface area contributed by atoms with E-state index in [1.165, 1.54) is 11.3 Å². The molecule has 1 N–H and O–H groups in total. The van der Waals surface area contributed by atoms with Gasteiger partial charge in [0.25, 0.3) is 0 Å². The quantitative estimate of drug-likeness (QED) is 0.264. The lowest BCUT2D eigenvalue weighted by Crippen LogP contribution is -2.16. The molecule has 0 amide bonds. The Morgan fingerprint density at radius 2 is 1.97 bits per heavy atom. The molecule has 0 bridgehead atoms. The molecule has 1 aromatic carbocycles. The number of nitrogens with one attached hydrogen (secondary N) is 1. The molecule has 160 valence electrons. The monoisotopic (exact) mass is 415 g/mol. The smallest absolute Gasteiger partial charge is 0.208 e. The van der Waals surface area contributed by atoms with Crippen LogP contribution < -0.4 is 5.32 Å². The van der Waals surface area contributed by atoms with E-state index in [-0.39, 0.29) is 0 Å². The molecule has 0 fully saturated rings. The van der Waals surface area contributed by atoms with E-state index in [0.29, 0.717) is 18.2 Å². The minimum atomic E-state index is 0.453. The van der Waals surface area contributed by atoms with Crippen LogP contribution in [0.4, 0.5) is 5.69 Å². The van der Waals surface area contributed by atoms with Gasteiger partial charge in [-0.05, 0) is 56.2 Å². The van der Waals surface area contributed by atoms with Crippen molar-refractivity contribution in [2.45, 2.75) is 20.8 Å². The second-order valence-corrected chi connectivity index (χ2v) is 7.05. The molecule has 0 aliphatic heterocycles. The summed E-state index contributed by atoms with van der Waals surface area (Å²) in [5.41, 5.74) is 7.20. The van der Waals surface area contributed by atoms with Gasteiger partial charge in [0.15, 0.2) is 0 Å². The van der Waals surface area contributed by atoms with E-state index in [1.807, 2.05) is 6.07 Å². The lowest BCUT2D eigenvalue weighted by Gasteiger charge is -2.13. The van der Waals surface area contributed by atoms with Gasteiger partial charge in [-0.15, -0.1) is 12.8 Å². The average molecular weight is 416 g/mol. The molecule has 6 heteroatoms. The first kappa shape index (κ1) is 23.4. The number of ether oxygens (including phenoxy) is 1. The Morgan fingerprint density at radius 1 is 1.26 bits per heavy atom. The summed E-state index contributed by atoms with van der Waals surface area (Å²) in [6.07, 6.45) is 15.7. The van der Waals surface area contributed by atoms with Crippen molar-refractivity contribution >= 4 is 34.3 Å². The van der Waals surface area contributed by atoms with Crippen LogP contribution in [0.1, 0.15) is 30.7 Å². The second-order valence-electron chi connectivity index (χ2n) is 7.05. The number of hydrogen-bond donors (Lipinski definition) is 1. The van der Waals surface area contributed by atoms with Crippen LogP contribution >= 0.6 is 0 Å². The summed E-state index contributed by atoms with van der Waals surface area (Å²) in [4.78, 5) is 13.2. The van der Waals surface area contributed by atoms with Gasteiger partial charge in [0, 0.05) is 49.6 Å². The van der Waals surface area contributed by atoms with Crippen LogP contribution in [0.25, 0.3) is 22.7 Å². The van der Waals surface area contributed by atoms with Gasteiger partial charge in [-0.3, -0.25) is 15.0 Å². The molecule has 6 nitrogen and oxygen atoms in total. The lowest BCUT2D eigenvalue weighted by atomic mass is 10.0. The van der Waals surface area contributed by atoms with Crippen molar-refractivity contribution in [3.63, 3.8) is 0 Å². The van der Waals surface area contributed by atoms with Crippen LogP contribution in [0.5, 0.6) is 0 Å². The number of terminal acetylenes is 1. The summed E-state index contributed by atoms with van der Waals surface area (Å²) in [5, 5.41) is 3.37. The fraction of sp³-hybridized carbons (Fsp3) is 0.240. The summed E-state index contributed by atoms with van der Waals surface area (Å²) in [7, 11) is 3.75. The summed E-state index contributed by atoms with van der Waals surface area (Å²) >= 11 is 0. The predicted molar refractivity (Wildman–Crippen MR) is 131 cm³/mol. The zero-order valence-electron chi connectivity index (χ0n) is 18.8. The van der Waals surface area contributed by atoms with Gasteiger partial charge < -0.3 is 14.6 Å². The van der Waals surface area contributed by atoms with Crippen LogP contribution in [0, 0.1) is 19.8 Å². The SMILES string of the molecule is C#C.C=C(C)OC(CNc1cc(/C(C)=C/c2c(C)ccn2C)c2nccnc2c1)=NC. The largest absolute Gasteiger partial charge is 0.447 e. The standard InChI is InChI=1S/C23H27N5O.C2H2/c1-15(2)29-22(24-5)14-27-18-12-19(23-20(13-18)25-8-9-26-23)17(4)11-21-16(3)7-10-28(21)6;1-2/h7-13,27H,1,14H2,2-6H3;1-2H/b17-11+,24-22?;. The summed E-state index contributed by atoms with van der Waals surface area (Å²) in [6, 6.07) is 6.19.